The molecule has 2 unspecified atom stereocenters. The summed E-state index contributed by atoms with van der Waals surface area (Å²) >= 11 is 0. The van der Waals surface area contributed by atoms with Crippen LogP contribution in [0.5, 0.6) is 0 Å². The van der Waals surface area contributed by atoms with Crippen LogP contribution in [0.1, 0.15) is 18.1 Å². The molecular formula is C28H24F5N6O5P. The molecule has 45 heavy (non-hydrogen) atoms. The number of phosphoric ester groups is 1. The van der Waals surface area contributed by atoms with Gasteiger partial charge in [-0.15, -0.1) is 0 Å². The third kappa shape index (κ3) is 7.60. The van der Waals surface area contributed by atoms with Gasteiger partial charge < -0.3 is 14.7 Å². The van der Waals surface area contributed by atoms with Crippen LogP contribution in [0.3, 0.4) is 0 Å². The van der Waals surface area contributed by atoms with Crippen LogP contribution < -0.4 is 5.32 Å². The molecule has 0 radical (unpaired) electrons. The largest absolute Gasteiger partial charge is 0.473 e. The van der Waals surface area contributed by atoms with Crippen LogP contribution in [0.15, 0.2) is 83.7 Å². The number of anilines is 1. The van der Waals surface area contributed by atoms with Crippen LogP contribution in [0, 0.1) is 11.6 Å². The van der Waals surface area contributed by atoms with Crippen molar-refractivity contribution in [2.24, 2.45) is 0 Å². The van der Waals surface area contributed by atoms with Crippen molar-refractivity contribution in [3.05, 3.63) is 102 Å². The van der Waals surface area contributed by atoms with Gasteiger partial charge in [-0.25, -0.2) is 23.3 Å². The fraction of sp³-hybridized carbons (Fsp3) is 0.214. The molecule has 2 atom stereocenters. The maximum absolute atomic E-state index is 14.7. The predicted molar refractivity (Wildman–Crippen MR) is 149 cm³/mol. The molecule has 5 aromatic rings. The van der Waals surface area contributed by atoms with Gasteiger partial charge in [0.2, 0.25) is 0 Å². The van der Waals surface area contributed by atoms with Crippen molar-refractivity contribution in [2.45, 2.75) is 31.9 Å². The Morgan fingerprint density at radius 1 is 1.02 bits per heavy atom. The predicted octanol–water partition coefficient (Wildman–Crippen LogP) is 6.39. The van der Waals surface area contributed by atoms with Crippen molar-refractivity contribution in [3.8, 4) is 22.9 Å². The molecule has 236 valence electrons. The lowest BCUT2D eigenvalue weighted by Gasteiger charge is -2.33. The van der Waals surface area contributed by atoms with Crippen LogP contribution in [0.4, 0.5) is 27.8 Å². The first kappa shape index (κ1) is 31.9. The van der Waals surface area contributed by atoms with E-state index in [4.69, 9.17) is 9.05 Å². The molecule has 0 bridgehead atoms. The highest BCUT2D eigenvalue weighted by molar-refractivity contribution is 7.47. The molecule has 17 heteroatoms. The number of halogens is 5. The molecule has 3 aromatic heterocycles. The van der Waals surface area contributed by atoms with Gasteiger partial charge in [0, 0.05) is 11.6 Å². The fourth-order valence-corrected chi connectivity index (χ4v) is 5.09. The highest BCUT2D eigenvalue weighted by Crippen LogP contribution is 2.52. The lowest BCUT2D eigenvalue weighted by Crippen LogP contribution is -2.49. The Balaban J connectivity index is 1.38. The second kappa shape index (κ2) is 12.9. The number of phosphoric acid groups is 1. The van der Waals surface area contributed by atoms with Gasteiger partial charge in [0.05, 0.1) is 31.6 Å². The first-order valence-electron chi connectivity index (χ1n) is 13.1. The molecule has 5 rings (SSSR count). The SMILES string of the molecule is CC(CNc1nc(-c2cc(-c3ccon3)n(Cc3ccccc3F)n2)ncc1F)(OP(=O)(O)OCc1ccccc1)C(F)(F)F. The average molecular weight is 651 g/mol. The number of hydrogen-bond acceptors (Lipinski definition) is 9. The highest BCUT2D eigenvalue weighted by Gasteiger charge is 2.56. The molecule has 0 spiro atoms. The summed E-state index contributed by atoms with van der Waals surface area (Å²) in [6, 6.07) is 17.0. The van der Waals surface area contributed by atoms with Gasteiger partial charge >= 0.3 is 14.0 Å². The van der Waals surface area contributed by atoms with Gasteiger partial charge in [0.1, 0.15) is 23.5 Å². The number of alkyl halides is 3. The second-order valence-corrected chi connectivity index (χ2v) is 11.2. The van der Waals surface area contributed by atoms with Crippen LogP contribution in [0.2, 0.25) is 0 Å². The van der Waals surface area contributed by atoms with Crippen LogP contribution >= 0.6 is 7.82 Å². The quantitative estimate of drug-likeness (QED) is 0.115. The molecule has 2 N–H and O–H groups in total. The third-order valence-corrected chi connectivity index (χ3v) is 7.57. The number of nitrogens with one attached hydrogen (secondary N) is 1. The molecule has 0 aliphatic heterocycles. The molecule has 3 heterocycles. The minimum Gasteiger partial charge on any atom is -0.364 e. The lowest BCUT2D eigenvalue weighted by atomic mass is 10.1. The van der Waals surface area contributed by atoms with E-state index in [1.54, 1.807) is 30.3 Å². The first-order valence-corrected chi connectivity index (χ1v) is 14.6. The van der Waals surface area contributed by atoms with Gasteiger partial charge in [-0.05, 0) is 24.6 Å². The van der Waals surface area contributed by atoms with Crippen molar-refractivity contribution < 1.29 is 45.0 Å². The topological polar surface area (TPSA) is 137 Å². The molecule has 0 saturated heterocycles. The van der Waals surface area contributed by atoms with Crippen molar-refractivity contribution in [1.29, 1.82) is 0 Å². The lowest BCUT2D eigenvalue weighted by molar-refractivity contribution is -0.241. The van der Waals surface area contributed by atoms with E-state index < -0.39 is 50.2 Å². The van der Waals surface area contributed by atoms with Gasteiger partial charge in [0.15, 0.2) is 23.1 Å². The zero-order chi connectivity index (χ0) is 32.2. The fourth-order valence-electron chi connectivity index (χ4n) is 4.05. The molecule has 0 aliphatic carbocycles. The van der Waals surface area contributed by atoms with Gasteiger partial charge in [0.25, 0.3) is 0 Å². The van der Waals surface area contributed by atoms with Crippen molar-refractivity contribution in [2.75, 3.05) is 11.9 Å². The summed E-state index contributed by atoms with van der Waals surface area (Å²) in [6.07, 6.45) is -3.19. The average Bonchev–Trinajstić information content (AvgIpc) is 3.67. The zero-order valence-electron chi connectivity index (χ0n) is 23.3. The molecule has 0 aliphatic rings. The van der Waals surface area contributed by atoms with Crippen molar-refractivity contribution in [3.63, 3.8) is 0 Å². The number of benzene rings is 2. The van der Waals surface area contributed by atoms with Crippen molar-refractivity contribution in [1.82, 2.24) is 24.9 Å². The summed E-state index contributed by atoms with van der Waals surface area (Å²) in [4.78, 5) is 18.0. The molecule has 0 amide bonds. The molecule has 11 nitrogen and oxygen atoms in total. The van der Waals surface area contributed by atoms with E-state index in [1.165, 1.54) is 47.3 Å². The summed E-state index contributed by atoms with van der Waals surface area (Å²) < 4.78 is 99.5. The summed E-state index contributed by atoms with van der Waals surface area (Å²) in [5, 5.41) is 10.5. The minimum absolute atomic E-state index is 0.0456. The zero-order valence-corrected chi connectivity index (χ0v) is 24.2. The number of rotatable bonds is 12. The summed E-state index contributed by atoms with van der Waals surface area (Å²) in [6.45, 7) is -1.28. The Morgan fingerprint density at radius 3 is 2.44 bits per heavy atom. The van der Waals surface area contributed by atoms with E-state index >= 15 is 0 Å². The Kier molecular flexibility index (Phi) is 9.11. The Morgan fingerprint density at radius 2 is 1.76 bits per heavy atom. The molecule has 0 fully saturated rings. The minimum atomic E-state index is -5.27. The van der Waals surface area contributed by atoms with Gasteiger partial charge in [-0.2, -0.15) is 18.3 Å². The standard InChI is InChI=1S/C28H24F5N6O5P/c1-27(28(31,32)33,44-45(40,41)43-16-18-7-3-2-4-8-18)17-35-25-21(30)14-34-26(36-25)23-13-24(22-11-12-42-38-22)39(37-23)15-19-9-5-6-10-20(19)29/h2-14H,15-17H2,1H3,(H,40,41)(H,34,35,36). The Hall–Kier alpha value is -4.50. The first-order chi connectivity index (χ1) is 21.3. The number of nitrogens with zero attached hydrogens (tertiary/aromatic N) is 5. The van der Waals surface area contributed by atoms with E-state index in [-0.39, 0.29) is 18.1 Å². The smallest absolute Gasteiger partial charge is 0.364 e. The van der Waals surface area contributed by atoms with E-state index in [0.29, 0.717) is 35.6 Å². The maximum Gasteiger partial charge on any atom is 0.473 e. The summed E-state index contributed by atoms with van der Waals surface area (Å²) in [7, 11) is -5.27. The second-order valence-electron chi connectivity index (χ2n) is 9.84. The van der Waals surface area contributed by atoms with E-state index in [9.17, 15) is 31.4 Å². The normalized spacial score (nSPS) is 14.6. The van der Waals surface area contributed by atoms with Crippen LogP contribution in [-0.2, 0) is 26.8 Å². The maximum atomic E-state index is 14.7. The van der Waals surface area contributed by atoms with Gasteiger partial charge in [-0.1, -0.05) is 53.7 Å². The van der Waals surface area contributed by atoms with E-state index in [0.717, 1.165) is 0 Å². The summed E-state index contributed by atoms with van der Waals surface area (Å²) in [5.74, 6) is -2.50. The third-order valence-electron chi connectivity index (χ3n) is 6.48. The number of hydrogen-bond donors (Lipinski definition) is 2. The highest BCUT2D eigenvalue weighted by atomic mass is 31.2. The van der Waals surface area contributed by atoms with Crippen molar-refractivity contribution >= 4 is 13.6 Å². The molecular weight excluding hydrogens is 626 g/mol. The molecule has 0 saturated carbocycles. The van der Waals surface area contributed by atoms with E-state index in [1.807, 2.05) is 0 Å². The monoisotopic (exact) mass is 650 g/mol. The van der Waals surface area contributed by atoms with Crippen LogP contribution in [-0.4, -0.2) is 48.1 Å². The van der Waals surface area contributed by atoms with Crippen LogP contribution in [0.25, 0.3) is 22.9 Å². The Bertz CT molecular complexity index is 1810. The Labute approximate surface area is 252 Å². The van der Waals surface area contributed by atoms with Gasteiger partial charge in [-0.3, -0.25) is 13.7 Å². The molecule has 2 aromatic carbocycles. The van der Waals surface area contributed by atoms with E-state index in [2.05, 4.69) is 30.1 Å². The number of aromatic nitrogens is 5. The summed E-state index contributed by atoms with van der Waals surface area (Å²) in [5.41, 5.74) is -1.88.